The summed E-state index contributed by atoms with van der Waals surface area (Å²) in [5, 5.41) is 9.11. The SMILES string of the molecule is COc1cc(C)c(C)cc1-c1[nH]c(C)nc1C#N. The maximum Gasteiger partial charge on any atom is 0.166 e. The Labute approximate surface area is 106 Å². The second kappa shape index (κ2) is 4.53. The van der Waals surface area contributed by atoms with E-state index in [1.807, 2.05) is 32.9 Å². The number of hydrogen-bond donors (Lipinski definition) is 1. The minimum Gasteiger partial charge on any atom is -0.496 e. The Morgan fingerprint density at radius 3 is 2.50 bits per heavy atom. The number of nitrogens with zero attached hydrogens (tertiary/aromatic N) is 2. The van der Waals surface area contributed by atoms with Gasteiger partial charge in [0.05, 0.1) is 12.8 Å². The van der Waals surface area contributed by atoms with Gasteiger partial charge in [-0.2, -0.15) is 5.26 Å². The van der Waals surface area contributed by atoms with E-state index in [0.29, 0.717) is 5.69 Å². The molecule has 0 fully saturated rings. The molecule has 4 heteroatoms. The molecule has 92 valence electrons. The number of aromatic amines is 1. The number of nitrogens with one attached hydrogen (secondary N) is 1. The summed E-state index contributed by atoms with van der Waals surface area (Å²) < 4.78 is 5.39. The van der Waals surface area contributed by atoms with E-state index in [9.17, 15) is 0 Å². The Morgan fingerprint density at radius 1 is 1.22 bits per heavy atom. The van der Waals surface area contributed by atoms with Crippen molar-refractivity contribution in [3.05, 3.63) is 34.8 Å². The van der Waals surface area contributed by atoms with E-state index in [1.54, 1.807) is 7.11 Å². The van der Waals surface area contributed by atoms with Crippen LogP contribution in [0.15, 0.2) is 12.1 Å². The van der Waals surface area contributed by atoms with Gasteiger partial charge in [0.15, 0.2) is 5.69 Å². The third kappa shape index (κ3) is 1.95. The Bertz CT molecular complexity index is 635. The molecule has 0 saturated heterocycles. The number of aromatic nitrogens is 2. The number of methoxy groups -OCH3 is 1. The van der Waals surface area contributed by atoms with Gasteiger partial charge in [-0.1, -0.05) is 0 Å². The van der Waals surface area contributed by atoms with Gasteiger partial charge in [0.1, 0.15) is 17.6 Å². The topological polar surface area (TPSA) is 61.7 Å². The van der Waals surface area contributed by atoms with Gasteiger partial charge >= 0.3 is 0 Å². The number of hydrogen-bond acceptors (Lipinski definition) is 3. The summed E-state index contributed by atoms with van der Waals surface area (Å²) in [6.45, 7) is 5.90. The number of aryl methyl sites for hydroxylation is 3. The molecule has 1 heterocycles. The molecule has 0 bridgehead atoms. The normalized spacial score (nSPS) is 10.2. The van der Waals surface area contributed by atoms with Gasteiger partial charge in [0.2, 0.25) is 0 Å². The van der Waals surface area contributed by atoms with E-state index in [2.05, 4.69) is 16.0 Å². The number of imidazole rings is 1. The molecular formula is C14H15N3O. The van der Waals surface area contributed by atoms with Crippen LogP contribution in [0, 0.1) is 32.1 Å². The maximum atomic E-state index is 9.11. The number of ether oxygens (including phenoxy) is 1. The van der Waals surface area contributed by atoms with Gasteiger partial charge in [-0.25, -0.2) is 4.98 Å². The highest BCUT2D eigenvalue weighted by Gasteiger charge is 2.15. The standard InChI is InChI=1S/C14H15N3O/c1-8-5-11(13(18-4)6-9(8)2)14-12(7-15)16-10(3)17-14/h5-6H,1-4H3,(H,16,17). The Kier molecular flexibility index (Phi) is 3.07. The van der Waals surface area contributed by atoms with Gasteiger partial charge in [0, 0.05) is 5.56 Å². The highest BCUT2D eigenvalue weighted by molar-refractivity contribution is 5.73. The van der Waals surface area contributed by atoms with Crippen LogP contribution >= 0.6 is 0 Å². The van der Waals surface area contributed by atoms with Crippen molar-refractivity contribution in [2.24, 2.45) is 0 Å². The molecule has 0 saturated carbocycles. The van der Waals surface area contributed by atoms with Crippen LogP contribution < -0.4 is 4.74 Å². The van der Waals surface area contributed by atoms with Crippen molar-refractivity contribution in [2.45, 2.75) is 20.8 Å². The predicted octanol–water partition coefficient (Wildman–Crippen LogP) is 2.88. The first-order valence-electron chi connectivity index (χ1n) is 5.69. The molecule has 0 aliphatic rings. The first-order chi connectivity index (χ1) is 8.56. The highest BCUT2D eigenvalue weighted by Crippen LogP contribution is 2.33. The smallest absolute Gasteiger partial charge is 0.166 e. The average molecular weight is 241 g/mol. The number of benzene rings is 1. The quantitative estimate of drug-likeness (QED) is 0.879. The fourth-order valence-electron chi connectivity index (χ4n) is 1.92. The lowest BCUT2D eigenvalue weighted by molar-refractivity contribution is 0.416. The van der Waals surface area contributed by atoms with Crippen molar-refractivity contribution in [3.8, 4) is 23.1 Å². The molecule has 2 rings (SSSR count). The first kappa shape index (κ1) is 12.2. The lowest BCUT2D eigenvalue weighted by Gasteiger charge is -2.10. The second-order valence-corrected chi connectivity index (χ2v) is 4.29. The van der Waals surface area contributed by atoms with E-state index in [0.717, 1.165) is 34.0 Å². The van der Waals surface area contributed by atoms with Crippen LogP contribution in [0.2, 0.25) is 0 Å². The summed E-state index contributed by atoms with van der Waals surface area (Å²) in [6.07, 6.45) is 0. The third-order valence-electron chi connectivity index (χ3n) is 3.01. The summed E-state index contributed by atoms with van der Waals surface area (Å²) in [7, 11) is 1.63. The molecule has 2 aromatic rings. The van der Waals surface area contributed by atoms with Crippen molar-refractivity contribution >= 4 is 0 Å². The molecule has 0 atom stereocenters. The van der Waals surface area contributed by atoms with Crippen LogP contribution in [0.3, 0.4) is 0 Å². The molecule has 0 aliphatic carbocycles. The van der Waals surface area contributed by atoms with Gasteiger partial charge in [-0.15, -0.1) is 0 Å². The zero-order valence-electron chi connectivity index (χ0n) is 11.0. The summed E-state index contributed by atoms with van der Waals surface area (Å²) in [6, 6.07) is 6.09. The van der Waals surface area contributed by atoms with E-state index in [4.69, 9.17) is 10.00 Å². The Balaban J connectivity index is 2.70. The Hall–Kier alpha value is -2.28. The molecule has 0 aliphatic heterocycles. The summed E-state index contributed by atoms with van der Waals surface area (Å²) in [5.41, 5.74) is 4.30. The minimum atomic E-state index is 0.397. The van der Waals surface area contributed by atoms with Crippen molar-refractivity contribution in [2.75, 3.05) is 7.11 Å². The van der Waals surface area contributed by atoms with Crippen LogP contribution in [-0.4, -0.2) is 17.1 Å². The van der Waals surface area contributed by atoms with Gasteiger partial charge in [0.25, 0.3) is 0 Å². The molecule has 18 heavy (non-hydrogen) atoms. The lowest BCUT2D eigenvalue weighted by Crippen LogP contribution is -1.93. The lowest BCUT2D eigenvalue weighted by atomic mass is 10.0. The molecule has 0 spiro atoms. The van der Waals surface area contributed by atoms with E-state index in [-0.39, 0.29) is 0 Å². The number of nitriles is 1. The summed E-state index contributed by atoms with van der Waals surface area (Å²) in [5.74, 6) is 1.47. The van der Waals surface area contributed by atoms with Crippen LogP contribution in [0.4, 0.5) is 0 Å². The maximum absolute atomic E-state index is 9.11. The fraction of sp³-hybridized carbons (Fsp3) is 0.286. The zero-order valence-corrected chi connectivity index (χ0v) is 11.0. The molecule has 1 aromatic heterocycles. The monoisotopic (exact) mass is 241 g/mol. The van der Waals surface area contributed by atoms with E-state index >= 15 is 0 Å². The van der Waals surface area contributed by atoms with Crippen LogP contribution in [0.5, 0.6) is 5.75 Å². The molecule has 0 amide bonds. The zero-order chi connectivity index (χ0) is 13.3. The highest BCUT2D eigenvalue weighted by atomic mass is 16.5. The third-order valence-corrected chi connectivity index (χ3v) is 3.01. The molecule has 1 N–H and O–H groups in total. The number of rotatable bonds is 2. The van der Waals surface area contributed by atoms with Crippen LogP contribution in [0.1, 0.15) is 22.6 Å². The van der Waals surface area contributed by atoms with Crippen molar-refractivity contribution in [1.82, 2.24) is 9.97 Å². The summed E-state index contributed by atoms with van der Waals surface area (Å²) in [4.78, 5) is 7.28. The van der Waals surface area contributed by atoms with Crippen molar-refractivity contribution in [3.63, 3.8) is 0 Å². The van der Waals surface area contributed by atoms with E-state index < -0.39 is 0 Å². The van der Waals surface area contributed by atoms with Crippen LogP contribution in [0.25, 0.3) is 11.3 Å². The molecule has 4 nitrogen and oxygen atoms in total. The van der Waals surface area contributed by atoms with Gasteiger partial charge in [-0.3, -0.25) is 0 Å². The molecule has 1 aromatic carbocycles. The fourth-order valence-corrected chi connectivity index (χ4v) is 1.92. The van der Waals surface area contributed by atoms with Crippen molar-refractivity contribution < 1.29 is 4.74 Å². The largest absolute Gasteiger partial charge is 0.496 e. The molecule has 0 radical (unpaired) electrons. The van der Waals surface area contributed by atoms with Crippen molar-refractivity contribution in [1.29, 1.82) is 5.26 Å². The van der Waals surface area contributed by atoms with Crippen LogP contribution in [-0.2, 0) is 0 Å². The van der Waals surface area contributed by atoms with E-state index in [1.165, 1.54) is 0 Å². The molecular weight excluding hydrogens is 226 g/mol. The second-order valence-electron chi connectivity index (χ2n) is 4.29. The van der Waals surface area contributed by atoms with Gasteiger partial charge in [-0.05, 0) is 44.0 Å². The average Bonchev–Trinajstić information content (AvgIpc) is 2.73. The minimum absolute atomic E-state index is 0.397. The van der Waals surface area contributed by atoms with Gasteiger partial charge < -0.3 is 9.72 Å². The number of H-pyrrole nitrogens is 1. The molecule has 0 unspecified atom stereocenters. The Morgan fingerprint density at radius 2 is 1.89 bits per heavy atom. The predicted molar refractivity (Wildman–Crippen MR) is 69.5 cm³/mol. The summed E-state index contributed by atoms with van der Waals surface area (Å²) >= 11 is 0. The first-order valence-corrected chi connectivity index (χ1v) is 5.69.